The molecule has 0 fully saturated rings. The largest absolute Gasteiger partial charge is 0.343 e. The molecule has 2 heterocycles. The van der Waals surface area contributed by atoms with Crippen LogP contribution in [-0.4, -0.2) is 34.0 Å². The molecule has 110 valence electrons. The standard InChI is InChI=1S/C13H14N4O3S/c1-8-6-9-11(21-8)15-13(20)17(12(9)19)7-10(18)16(2)5-3-4-14/h6H,3,5,7H2,1-2H3,(H,15,20). The van der Waals surface area contributed by atoms with Gasteiger partial charge in [0.25, 0.3) is 5.56 Å². The Kier molecular flexibility index (Phi) is 4.23. The van der Waals surface area contributed by atoms with E-state index in [1.165, 1.54) is 23.3 Å². The van der Waals surface area contributed by atoms with Gasteiger partial charge in [0.1, 0.15) is 11.4 Å². The molecule has 0 spiro atoms. The molecule has 7 nitrogen and oxygen atoms in total. The summed E-state index contributed by atoms with van der Waals surface area (Å²) in [5, 5.41) is 8.91. The first-order valence-corrected chi connectivity index (χ1v) is 7.10. The molecule has 1 N–H and O–H groups in total. The number of aryl methyl sites for hydroxylation is 1. The van der Waals surface area contributed by atoms with Gasteiger partial charge >= 0.3 is 5.69 Å². The van der Waals surface area contributed by atoms with Gasteiger partial charge in [-0.1, -0.05) is 0 Å². The van der Waals surface area contributed by atoms with Crippen molar-refractivity contribution >= 4 is 27.5 Å². The van der Waals surface area contributed by atoms with Gasteiger partial charge in [-0.3, -0.25) is 19.1 Å². The lowest BCUT2D eigenvalue weighted by molar-refractivity contribution is -0.130. The molecule has 0 aromatic carbocycles. The summed E-state index contributed by atoms with van der Waals surface area (Å²) in [4.78, 5) is 41.5. The number of aromatic nitrogens is 2. The first kappa shape index (κ1) is 15.0. The molecule has 0 aliphatic rings. The SMILES string of the molecule is Cc1cc2c(=O)n(CC(=O)N(C)CCC#N)c(=O)[nH]c2s1. The highest BCUT2D eigenvalue weighted by Gasteiger charge is 2.15. The van der Waals surface area contributed by atoms with Crippen molar-refractivity contribution in [2.45, 2.75) is 19.9 Å². The highest BCUT2D eigenvalue weighted by Crippen LogP contribution is 2.18. The first-order valence-electron chi connectivity index (χ1n) is 6.28. The summed E-state index contributed by atoms with van der Waals surface area (Å²) >= 11 is 1.33. The molecule has 21 heavy (non-hydrogen) atoms. The topological polar surface area (TPSA) is 99.0 Å². The summed E-state index contributed by atoms with van der Waals surface area (Å²) in [7, 11) is 1.53. The Morgan fingerprint density at radius 3 is 2.90 bits per heavy atom. The van der Waals surface area contributed by atoms with Gasteiger partial charge in [-0.2, -0.15) is 5.26 Å². The number of nitrogens with one attached hydrogen (secondary N) is 1. The molecule has 2 rings (SSSR count). The number of nitriles is 1. The molecule has 2 aromatic heterocycles. The molecule has 0 atom stereocenters. The molecule has 0 bridgehead atoms. The number of hydrogen-bond acceptors (Lipinski definition) is 5. The van der Waals surface area contributed by atoms with Crippen LogP contribution < -0.4 is 11.2 Å². The Labute approximate surface area is 124 Å². The van der Waals surface area contributed by atoms with Crippen molar-refractivity contribution in [3.05, 3.63) is 31.8 Å². The zero-order chi connectivity index (χ0) is 15.6. The number of rotatable bonds is 4. The Balaban J connectivity index is 2.35. The second kappa shape index (κ2) is 5.93. The Bertz CT molecular complexity index is 840. The number of hydrogen-bond donors (Lipinski definition) is 1. The number of carbonyl (C=O) groups excluding carboxylic acids is 1. The van der Waals surface area contributed by atoms with Gasteiger partial charge in [0, 0.05) is 18.5 Å². The van der Waals surface area contributed by atoms with Gasteiger partial charge in [0.15, 0.2) is 0 Å². The molecular weight excluding hydrogens is 292 g/mol. The summed E-state index contributed by atoms with van der Waals surface area (Å²) in [5.41, 5.74) is -1.07. The minimum atomic E-state index is -0.601. The van der Waals surface area contributed by atoms with E-state index in [1.54, 1.807) is 6.07 Å². The third-order valence-electron chi connectivity index (χ3n) is 3.07. The van der Waals surface area contributed by atoms with E-state index in [0.29, 0.717) is 10.2 Å². The average Bonchev–Trinajstić information content (AvgIpc) is 2.81. The van der Waals surface area contributed by atoms with Crippen molar-refractivity contribution in [2.24, 2.45) is 0 Å². The number of carbonyl (C=O) groups is 1. The number of likely N-dealkylation sites (N-methyl/N-ethyl adjacent to an activating group) is 1. The summed E-state index contributed by atoms with van der Waals surface area (Å²) < 4.78 is 0.889. The number of fused-ring (bicyclic) bond motifs is 1. The van der Waals surface area contributed by atoms with E-state index in [2.05, 4.69) is 4.98 Å². The molecular formula is C13H14N4O3S. The van der Waals surface area contributed by atoms with E-state index in [-0.39, 0.29) is 25.4 Å². The summed E-state index contributed by atoms with van der Waals surface area (Å²) in [5.74, 6) is -0.385. The summed E-state index contributed by atoms with van der Waals surface area (Å²) in [6.45, 7) is 1.77. The number of thiophene rings is 1. The van der Waals surface area contributed by atoms with Crippen LogP contribution >= 0.6 is 11.3 Å². The number of nitrogens with zero attached hydrogens (tertiary/aromatic N) is 3. The van der Waals surface area contributed by atoms with Crippen LogP contribution in [0.2, 0.25) is 0 Å². The summed E-state index contributed by atoms with van der Waals surface area (Å²) in [6.07, 6.45) is 0.205. The molecule has 0 saturated heterocycles. The van der Waals surface area contributed by atoms with Gasteiger partial charge in [-0.15, -0.1) is 11.3 Å². The monoisotopic (exact) mass is 306 g/mol. The molecule has 0 unspecified atom stereocenters. The Morgan fingerprint density at radius 1 is 1.52 bits per heavy atom. The maximum Gasteiger partial charge on any atom is 0.329 e. The zero-order valence-corrected chi connectivity index (χ0v) is 12.5. The van der Waals surface area contributed by atoms with Crippen molar-refractivity contribution in [1.29, 1.82) is 5.26 Å². The predicted molar refractivity (Wildman–Crippen MR) is 79.3 cm³/mol. The second-order valence-electron chi connectivity index (χ2n) is 4.64. The van der Waals surface area contributed by atoms with E-state index in [1.807, 2.05) is 13.0 Å². The van der Waals surface area contributed by atoms with Gasteiger partial charge in [-0.05, 0) is 13.0 Å². The van der Waals surface area contributed by atoms with Crippen LogP contribution in [0.15, 0.2) is 15.7 Å². The van der Waals surface area contributed by atoms with Crippen LogP contribution in [0, 0.1) is 18.3 Å². The van der Waals surface area contributed by atoms with Gasteiger partial charge < -0.3 is 4.90 Å². The highest BCUT2D eigenvalue weighted by atomic mass is 32.1. The van der Waals surface area contributed by atoms with Crippen LogP contribution in [-0.2, 0) is 11.3 Å². The van der Waals surface area contributed by atoms with E-state index < -0.39 is 11.2 Å². The van der Waals surface area contributed by atoms with Gasteiger partial charge in [0.05, 0.1) is 17.9 Å². The fourth-order valence-corrected chi connectivity index (χ4v) is 2.80. The molecule has 0 saturated carbocycles. The van der Waals surface area contributed by atoms with Crippen LogP contribution in [0.25, 0.3) is 10.2 Å². The van der Waals surface area contributed by atoms with E-state index >= 15 is 0 Å². The number of H-pyrrole nitrogens is 1. The van der Waals surface area contributed by atoms with Crippen molar-refractivity contribution < 1.29 is 4.79 Å². The highest BCUT2D eigenvalue weighted by molar-refractivity contribution is 7.18. The van der Waals surface area contributed by atoms with Crippen LogP contribution in [0.3, 0.4) is 0 Å². The lowest BCUT2D eigenvalue weighted by Gasteiger charge is -2.15. The lowest BCUT2D eigenvalue weighted by atomic mass is 10.3. The minimum absolute atomic E-state index is 0.205. The normalized spacial score (nSPS) is 10.5. The average molecular weight is 306 g/mol. The Morgan fingerprint density at radius 2 is 2.24 bits per heavy atom. The molecule has 0 aliphatic carbocycles. The molecule has 2 aromatic rings. The maximum absolute atomic E-state index is 12.3. The molecule has 0 radical (unpaired) electrons. The van der Waals surface area contributed by atoms with Crippen molar-refractivity contribution in [1.82, 2.24) is 14.5 Å². The third kappa shape index (κ3) is 3.03. The lowest BCUT2D eigenvalue weighted by Crippen LogP contribution is -2.41. The van der Waals surface area contributed by atoms with Crippen LogP contribution in [0.5, 0.6) is 0 Å². The number of amides is 1. The predicted octanol–water partition coefficient (Wildman–Crippen LogP) is 0.432. The maximum atomic E-state index is 12.3. The van der Waals surface area contributed by atoms with Crippen LogP contribution in [0.1, 0.15) is 11.3 Å². The summed E-state index contributed by atoms with van der Waals surface area (Å²) in [6, 6.07) is 3.63. The van der Waals surface area contributed by atoms with Crippen LogP contribution in [0.4, 0.5) is 0 Å². The van der Waals surface area contributed by atoms with Gasteiger partial charge in [0.2, 0.25) is 5.91 Å². The van der Waals surface area contributed by atoms with Gasteiger partial charge in [-0.25, -0.2) is 4.79 Å². The van der Waals surface area contributed by atoms with Crippen molar-refractivity contribution in [2.75, 3.05) is 13.6 Å². The molecule has 8 heteroatoms. The minimum Gasteiger partial charge on any atom is -0.343 e. The smallest absolute Gasteiger partial charge is 0.329 e. The molecule has 1 amide bonds. The third-order valence-corrected chi connectivity index (χ3v) is 4.04. The Hall–Kier alpha value is -2.40. The van der Waals surface area contributed by atoms with E-state index in [0.717, 1.165) is 9.44 Å². The number of aromatic amines is 1. The van der Waals surface area contributed by atoms with Crippen molar-refractivity contribution in [3.63, 3.8) is 0 Å². The zero-order valence-electron chi connectivity index (χ0n) is 11.7. The quantitative estimate of drug-likeness (QED) is 0.885. The fourth-order valence-electron chi connectivity index (χ4n) is 1.91. The van der Waals surface area contributed by atoms with E-state index in [4.69, 9.17) is 5.26 Å². The first-order chi connectivity index (χ1) is 9.93. The fraction of sp³-hybridized carbons (Fsp3) is 0.385. The second-order valence-corrected chi connectivity index (χ2v) is 5.90. The van der Waals surface area contributed by atoms with E-state index in [9.17, 15) is 14.4 Å². The van der Waals surface area contributed by atoms with Crippen molar-refractivity contribution in [3.8, 4) is 6.07 Å². The molecule has 0 aliphatic heterocycles.